The van der Waals surface area contributed by atoms with E-state index in [0.29, 0.717) is 0 Å². The summed E-state index contributed by atoms with van der Waals surface area (Å²) in [6.45, 7) is 2.13. The summed E-state index contributed by atoms with van der Waals surface area (Å²) in [5.41, 5.74) is 1.24. The molecule has 1 heterocycles. The zero-order valence-electron chi connectivity index (χ0n) is 10.4. The van der Waals surface area contributed by atoms with Crippen LogP contribution in [0.5, 0.6) is 0 Å². The molecule has 0 radical (unpaired) electrons. The smallest absolute Gasteiger partial charge is 0.169 e. The van der Waals surface area contributed by atoms with E-state index in [0.717, 1.165) is 12.8 Å². The van der Waals surface area contributed by atoms with Crippen LogP contribution in [-0.4, -0.2) is 11.9 Å². The van der Waals surface area contributed by atoms with Gasteiger partial charge in [0.15, 0.2) is 5.79 Å². The Kier molecular flexibility index (Phi) is 2.93. The van der Waals surface area contributed by atoms with Crippen LogP contribution in [0.2, 0.25) is 0 Å². The van der Waals surface area contributed by atoms with Crippen LogP contribution in [0, 0.1) is 0 Å². The Balaban J connectivity index is 1.80. The molecule has 1 aliphatic carbocycles. The number of benzene rings is 1. The van der Waals surface area contributed by atoms with Crippen molar-refractivity contribution in [1.29, 1.82) is 0 Å². The molecule has 1 aliphatic heterocycles. The van der Waals surface area contributed by atoms with Crippen molar-refractivity contribution >= 4 is 0 Å². The molecular formula is C15H20O2. The van der Waals surface area contributed by atoms with E-state index < -0.39 is 0 Å². The second-order valence-electron chi connectivity index (χ2n) is 5.24. The lowest BCUT2D eigenvalue weighted by Crippen LogP contribution is -2.33. The maximum atomic E-state index is 6.27. The van der Waals surface area contributed by atoms with Crippen molar-refractivity contribution in [1.82, 2.24) is 0 Å². The molecule has 2 heteroatoms. The summed E-state index contributed by atoms with van der Waals surface area (Å²) in [6, 6.07) is 10.4. The molecule has 2 fully saturated rings. The van der Waals surface area contributed by atoms with Gasteiger partial charge in [-0.1, -0.05) is 36.8 Å². The van der Waals surface area contributed by atoms with Gasteiger partial charge in [-0.05, 0) is 25.3 Å². The van der Waals surface area contributed by atoms with Gasteiger partial charge in [-0.15, -0.1) is 0 Å². The van der Waals surface area contributed by atoms with Gasteiger partial charge in [-0.2, -0.15) is 0 Å². The zero-order chi connectivity index (χ0) is 11.7. The van der Waals surface area contributed by atoms with E-state index in [-0.39, 0.29) is 18.0 Å². The number of hydrogen-bond acceptors (Lipinski definition) is 2. The van der Waals surface area contributed by atoms with Crippen LogP contribution in [0.4, 0.5) is 0 Å². The van der Waals surface area contributed by atoms with E-state index in [9.17, 15) is 0 Å². The summed E-state index contributed by atoms with van der Waals surface area (Å²) in [7, 11) is 0. The number of hydrogen-bond donors (Lipinski definition) is 0. The van der Waals surface area contributed by atoms with Crippen LogP contribution in [0.15, 0.2) is 30.3 Å². The minimum atomic E-state index is -0.280. The average Bonchev–Trinajstić information content (AvgIpc) is 2.68. The standard InChI is InChI=1S/C15H20O2/c1-12-14(13-8-4-2-5-9-13)17-15(16-12)10-6-3-7-11-15/h2,4-5,8-9,12,14H,3,6-7,10-11H2,1H3/t12-,14+/m0/s1. The highest BCUT2D eigenvalue weighted by Crippen LogP contribution is 2.45. The second kappa shape index (κ2) is 4.43. The lowest BCUT2D eigenvalue weighted by atomic mass is 9.94. The maximum absolute atomic E-state index is 6.27. The van der Waals surface area contributed by atoms with Gasteiger partial charge in [0.05, 0.1) is 6.10 Å². The van der Waals surface area contributed by atoms with Gasteiger partial charge in [0.25, 0.3) is 0 Å². The first-order valence-electron chi connectivity index (χ1n) is 6.70. The molecule has 0 bridgehead atoms. The highest BCUT2D eigenvalue weighted by Gasteiger charge is 2.46. The van der Waals surface area contributed by atoms with Gasteiger partial charge in [0, 0.05) is 12.8 Å². The van der Waals surface area contributed by atoms with Crippen LogP contribution in [0.25, 0.3) is 0 Å². The van der Waals surface area contributed by atoms with Crippen LogP contribution < -0.4 is 0 Å². The van der Waals surface area contributed by atoms with E-state index >= 15 is 0 Å². The van der Waals surface area contributed by atoms with Gasteiger partial charge in [0.1, 0.15) is 6.10 Å². The van der Waals surface area contributed by atoms with E-state index in [2.05, 4.69) is 31.2 Å². The molecule has 92 valence electrons. The Labute approximate surface area is 103 Å². The molecule has 2 aliphatic rings. The third-order valence-electron chi connectivity index (χ3n) is 3.91. The van der Waals surface area contributed by atoms with Gasteiger partial charge in [-0.25, -0.2) is 0 Å². The lowest BCUT2D eigenvalue weighted by Gasteiger charge is -2.31. The van der Waals surface area contributed by atoms with Gasteiger partial charge in [0.2, 0.25) is 0 Å². The monoisotopic (exact) mass is 232 g/mol. The summed E-state index contributed by atoms with van der Waals surface area (Å²) >= 11 is 0. The maximum Gasteiger partial charge on any atom is 0.169 e. The summed E-state index contributed by atoms with van der Waals surface area (Å²) < 4.78 is 12.4. The second-order valence-corrected chi connectivity index (χ2v) is 5.24. The first-order chi connectivity index (χ1) is 8.29. The predicted molar refractivity (Wildman–Crippen MR) is 66.6 cm³/mol. The van der Waals surface area contributed by atoms with E-state index in [1.807, 2.05) is 6.07 Å². The van der Waals surface area contributed by atoms with Crippen molar-refractivity contribution in [3.8, 4) is 0 Å². The van der Waals surface area contributed by atoms with Crippen LogP contribution in [-0.2, 0) is 9.47 Å². The van der Waals surface area contributed by atoms with Crippen LogP contribution in [0.3, 0.4) is 0 Å². The number of ether oxygens (including phenoxy) is 2. The fourth-order valence-corrected chi connectivity index (χ4v) is 3.06. The molecule has 1 saturated carbocycles. The molecule has 1 aromatic carbocycles. The fraction of sp³-hybridized carbons (Fsp3) is 0.600. The van der Waals surface area contributed by atoms with Crippen LogP contribution in [0.1, 0.15) is 50.7 Å². The predicted octanol–water partition coefficient (Wildman–Crippen LogP) is 3.82. The Morgan fingerprint density at radius 1 is 1.00 bits per heavy atom. The van der Waals surface area contributed by atoms with Gasteiger partial charge >= 0.3 is 0 Å². The molecule has 0 N–H and O–H groups in total. The molecule has 1 saturated heterocycles. The summed E-state index contributed by atoms with van der Waals surface area (Å²) in [4.78, 5) is 0. The van der Waals surface area contributed by atoms with Gasteiger partial charge in [-0.3, -0.25) is 0 Å². The fourth-order valence-electron chi connectivity index (χ4n) is 3.06. The average molecular weight is 232 g/mol. The van der Waals surface area contributed by atoms with Crippen molar-refractivity contribution < 1.29 is 9.47 Å². The molecular weight excluding hydrogens is 212 g/mol. The first kappa shape index (κ1) is 11.2. The Hall–Kier alpha value is -0.860. The molecule has 2 atom stereocenters. The third kappa shape index (κ3) is 2.12. The molecule has 2 nitrogen and oxygen atoms in total. The molecule has 1 spiro atoms. The summed E-state index contributed by atoms with van der Waals surface area (Å²) in [6.07, 6.45) is 6.16. The molecule has 0 amide bonds. The molecule has 1 aromatic rings. The topological polar surface area (TPSA) is 18.5 Å². The van der Waals surface area contributed by atoms with Crippen molar-refractivity contribution in [2.45, 2.75) is 57.0 Å². The quantitative estimate of drug-likeness (QED) is 0.732. The lowest BCUT2D eigenvalue weighted by molar-refractivity contribution is -0.193. The third-order valence-corrected chi connectivity index (χ3v) is 3.91. The van der Waals surface area contributed by atoms with E-state index in [4.69, 9.17) is 9.47 Å². The summed E-state index contributed by atoms with van der Waals surface area (Å²) in [5, 5.41) is 0. The molecule has 0 aromatic heterocycles. The normalized spacial score (nSPS) is 31.8. The summed E-state index contributed by atoms with van der Waals surface area (Å²) in [5.74, 6) is -0.280. The first-order valence-corrected chi connectivity index (χ1v) is 6.70. The zero-order valence-corrected chi connectivity index (χ0v) is 10.4. The molecule has 0 unspecified atom stereocenters. The van der Waals surface area contributed by atoms with Crippen molar-refractivity contribution in [2.24, 2.45) is 0 Å². The van der Waals surface area contributed by atoms with Crippen molar-refractivity contribution in [3.63, 3.8) is 0 Å². The molecule has 17 heavy (non-hydrogen) atoms. The van der Waals surface area contributed by atoms with E-state index in [1.165, 1.54) is 24.8 Å². The Morgan fingerprint density at radius 2 is 1.71 bits per heavy atom. The van der Waals surface area contributed by atoms with Crippen molar-refractivity contribution in [2.75, 3.05) is 0 Å². The van der Waals surface area contributed by atoms with Crippen molar-refractivity contribution in [3.05, 3.63) is 35.9 Å². The largest absolute Gasteiger partial charge is 0.344 e. The minimum absolute atomic E-state index is 0.106. The van der Waals surface area contributed by atoms with Gasteiger partial charge < -0.3 is 9.47 Å². The van der Waals surface area contributed by atoms with E-state index in [1.54, 1.807) is 0 Å². The minimum Gasteiger partial charge on any atom is -0.344 e. The Morgan fingerprint density at radius 3 is 2.41 bits per heavy atom. The highest BCUT2D eigenvalue weighted by atomic mass is 16.8. The highest BCUT2D eigenvalue weighted by molar-refractivity contribution is 5.19. The Bertz CT molecular complexity index is 368. The SMILES string of the molecule is C[C@@H]1OC2(CCCCC2)O[C@H]1c1ccccc1. The molecule has 3 rings (SSSR count). The number of rotatable bonds is 1. The van der Waals surface area contributed by atoms with Crippen LogP contribution >= 0.6 is 0 Å².